The molecule has 0 aromatic rings. The molecule has 1 heterocycles. The standard InChI is InChI=1S/C18H27N3O6/c1-18(2)9-10(22)8-11(18)15(25)20-16(26)13-4-3-7-21(13)17(27)12(19)5-6-14(23)24/h11-13H,3-9,19H2,1-2H3,(H,23,24)(H,20,25,26)/t11?,12-,13-/m0/s1. The molecule has 1 aliphatic heterocycles. The number of carboxylic acid groups (broad SMARTS) is 1. The number of carbonyl (C=O) groups is 5. The molecule has 27 heavy (non-hydrogen) atoms. The van der Waals surface area contributed by atoms with Gasteiger partial charge in [-0.1, -0.05) is 13.8 Å². The van der Waals surface area contributed by atoms with Crippen molar-refractivity contribution in [2.75, 3.05) is 6.54 Å². The van der Waals surface area contributed by atoms with Gasteiger partial charge in [-0.05, 0) is 24.7 Å². The van der Waals surface area contributed by atoms with Crippen LogP contribution in [0.25, 0.3) is 0 Å². The maximum absolute atomic E-state index is 12.6. The summed E-state index contributed by atoms with van der Waals surface area (Å²) in [6, 6.07) is -1.81. The molecule has 0 radical (unpaired) electrons. The molecule has 0 spiro atoms. The van der Waals surface area contributed by atoms with Crippen LogP contribution in [0, 0.1) is 11.3 Å². The Morgan fingerprint density at radius 2 is 1.96 bits per heavy atom. The largest absolute Gasteiger partial charge is 0.481 e. The zero-order valence-electron chi connectivity index (χ0n) is 15.7. The predicted molar refractivity (Wildman–Crippen MR) is 94.2 cm³/mol. The van der Waals surface area contributed by atoms with Crippen LogP contribution in [0.1, 0.15) is 52.4 Å². The molecule has 0 bridgehead atoms. The molecule has 0 aromatic heterocycles. The van der Waals surface area contributed by atoms with E-state index in [0.29, 0.717) is 25.8 Å². The molecule has 2 rings (SSSR count). The normalized spacial score (nSPS) is 25.3. The van der Waals surface area contributed by atoms with Gasteiger partial charge in [0.15, 0.2) is 0 Å². The molecule has 3 atom stereocenters. The fourth-order valence-electron chi connectivity index (χ4n) is 3.87. The zero-order chi connectivity index (χ0) is 20.4. The van der Waals surface area contributed by atoms with Crippen molar-refractivity contribution in [2.24, 2.45) is 17.1 Å². The monoisotopic (exact) mass is 381 g/mol. The van der Waals surface area contributed by atoms with E-state index in [1.54, 1.807) is 0 Å². The number of nitrogens with zero attached hydrogens (tertiary/aromatic N) is 1. The highest BCUT2D eigenvalue weighted by atomic mass is 16.4. The van der Waals surface area contributed by atoms with E-state index in [1.807, 2.05) is 13.8 Å². The van der Waals surface area contributed by atoms with E-state index in [9.17, 15) is 24.0 Å². The van der Waals surface area contributed by atoms with E-state index < -0.39 is 47.1 Å². The quantitative estimate of drug-likeness (QED) is 0.541. The number of rotatable bonds is 6. The van der Waals surface area contributed by atoms with Gasteiger partial charge in [0.2, 0.25) is 17.7 Å². The van der Waals surface area contributed by atoms with E-state index in [1.165, 1.54) is 4.90 Å². The summed E-state index contributed by atoms with van der Waals surface area (Å²) in [5.74, 6) is -3.19. The van der Waals surface area contributed by atoms with Crippen LogP contribution in [0.3, 0.4) is 0 Å². The highest BCUT2D eigenvalue weighted by molar-refractivity contribution is 6.03. The average Bonchev–Trinajstić information content (AvgIpc) is 3.15. The summed E-state index contributed by atoms with van der Waals surface area (Å²) in [7, 11) is 0. The maximum Gasteiger partial charge on any atom is 0.303 e. The molecule has 1 aliphatic carbocycles. The highest BCUT2D eigenvalue weighted by Gasteiger charge is 2.45. The summed E-state index contributed by atoms with van der Waals surface area (Å²) in [5.41, 5.74) is 5.26. The van der Waals surface area contributed by atoms with Crippen molar-refractivity contribution in [2.45, 2.75) is 64.5 Å². The number of aliphatic carboxylic acids is 1. The number of Topliss-reactive ketones (excluding diaryl/α,β-unsaturated/α-hetero) is 1. The molecular weight excluding hydrogens is 354 g/mol. The van der Waals surface area contributed by atoms with Crippen molar-refractivity contribution in [1.29, 1.82) is 0 Å². The molecule has 1 saturated carbocycles. The van der Waals surface area contributed by atoms with Gasteiger partial charge in [0, 0.05) is 25.8 Å². The third kappa shape index (κ3) is 4.91. The predicted octanol–water partition coefficient (Wildman–Crippen LogP) is -0.182. The first-order valence-electron chi connectivity index (χ1n) is 9.17. The fraction of sp³-hybridized carbons (Fsp3) is 0.722. The number of carbonyl (C=O) groups excluding carboxylic acids is 4. The minimum Gasteiger partial charge on any atom is -0.481 e. The van der Waals surface area contributed by atoms with Crippen LogP contribution in [0.15, 0.2) is 0 Å². The summed E-state index contributed by atoms with van der Waals surface area (Å²) in [4.78, 5) is 61.1. The molecule has 2 aliphatic rings. The number of nitrogens with two attached hydrogens (primary N) is 1. The topological polar surface area (TPSA) is 147 Å². The molecule has 3 amide bonds. The van der Waals surface area contributed by atoms with Crippen LogP contribution in [0.5, 0.6) is 0 Å². The lowest BCUT2D eigenvalue weighted by atomic mass is 9.81. The molecule has 1 saturated heterocycles. The first kappa shape index (κ1) is 21.0. The lowest BCUT2D eigenvalue weighted by Crippen LogP contribution is -2.53. The number of likely N-dealkylation sites (tertiary alicyclic amines) is 1. The van der Waals surface area contributed by atoms with E-state index >= 15 is 0 Å². The molecule has 0 aromatic carbocycles. The van der Waals surface area contributed by atoms with E-state index in [-0.39, 0.29) is 25.0 Å². The van der Waals surface area contributed by atoms with Crippen LogP contribution < -0.4 is 11.1 Å². The molecule has 150 valence electrons. The number of nitrogens with one attached hydrogen (secondary N) is 1. The minimum atomic E-state index is -1.05. The molecule has 2 fully saturated rings. The molecule has 9 heteroatoms. The maximum atomic E-state index is 12.6. The van der Waals surface area contributed by atoms with Gasteiger partial charge in [0.25, 0.3) is 0 Å². The van der Waals surface area contributed by atoms with Crippen molar-refractivity contribution < 1.29 is 29.1 Å². The van der Waals surface area contributed by atoms with Gasteiger partial charge in [-0.15, -0.1) is 0 Å². The smallest absolute Gasteiger partial charge is 0.303 e. The van der Waals surface area contributed by atoms with Gasteiger partial charge in [-0.3, -0.25) is 29.3 Å². The first-order valence-corrected chi connectivity index (χ1v) is 9.17. The Bertz CT molecular complexity index is 659. The Balaban J connectivity index is 1.98. The second-order valence-corrected chi connectivity index (χ2v) is 8.04. The second kappa shape index (κ2) is 8.16. The Kier molecular flexibility index (Phi) is 6.35. The average molecular weight is 381 g/mol. The molecular formula is C18H27N3O6. The molecule has 9 nitrogen and oxygen atoms in total. The summed E-state index contributed by atoms with van der Waals surface area (Å²) in [5, 5.41) is 11.1. The van der Waals surface area contributed by atoms with E-state index in [4.69, 9.17) is 10.8 Å². The first-order chi connectivity index (χ1) is 12.5. The van der Waals surface area contributed by atoms with Crippen LogP contribution in [-0.4, -0.2) is 58.1 Å². The minimum absolute atomic E-state index is 0.00493. The fourth-order valence-corrected chi connectivity index (χ4v) is 3.87. The van der Waals surface area contributed by atoms with Gasteiger partial charge >= 0.3 is 5.97 Å². The summed E-state index contributed by atoms with van der Waals surface area (Å²) in [6.07, 6.45) is 1.16. The van der Waals surface area contributed by atoms with Gasteiger partial charge < -0.3 is 15.7 Å². The van der Waals surface area contributed by atoms with Crippen LogP contribution >= 0.6 is 0 Å². The van der Waals surface area contributed by atoms with Crippen molar-refractivity contribution in [1.82, 2.24) is 10.2 Å². The number of carboxylic acids is 1. The van der Waals surface area contributed by atoms with Crippen LogP contribution in [0.2, 0.25) is 0 Å². The van der Waals surface area contributed by atoms with Gasteiger partial charge in [0.1, 0.15) is 11.8 Å². The zero-order valence-corrected chi connectivity index (χ0v) is 15.7. The number of ketones is 1. The van der Waals surface area contributed by atoms with Crippen molar-refractivity contribution in [3.63, 3.8) is 0 Å². The number of imide groups is 1. The van der Waals surface area contributed by atoms with Crippen molar-refractivity contribution in [3.8, 4) is 0 Å². The third-order valence-electron chi connectivity index (χ3n) is 5.42. The number of hydrogen-bond acceptors (Lipinski definition) is 6. The Labute approximate surface area is 157 Å². The Morgan fingerprint density at radius 1 is 1.30 bits per heavy atom. The van der Waals surface area contributed by atoms with E-state index in [0.717, 1.165) is 0 Å². The SMILES string of the molecule is CC1(C)CC(=O)CC1C(=O)NC(=O)[C@@H]1CCCN1C(=O)[C@@H](N)CCC(=O)O. The third-order valence-corrected chi connectivity index (χ3v) is 5.42. The second-order valence-electron chi connectivity index (χ2n) is 8.04. The van der Waals surface area contributed by atoms with Gasteiger partial charge in [0.05, 0.1) is 12.0 Å². The summed E-state index contributed by atoms with van der Waals surface area (Å²) >= 11 is 0. The van der Waals surface area contributed by atoms with Crippen LogP contribution in [0.4, 0.5) is 0 Å². The molecule has 4 N–H and O–H groups in total. The van der Waals surface area contributed by atoms with Crippen LogP contribution in [-0.2, 0) is 24.0 Å². The summed E-state index contributed by atoms with van der Waals surface area (Å²) < 4.78 is 0. The molecule has 1 unspecified atom stereocenters. The van der Waals surface area contributed by atoms with Crippen molar-refractivity contribution in [3.05, 3.63) is 0 Å². The van der Waals surface area contributed by atoms with Crippen molar-refractivity contribution >= 4 is 29.5 Å². The highest BCUT2D eigenvalue weighted by Crippen LogP contribution is 2.40. The Morgan fingerprint density at radius 3 is 2.52 bits per heavy atom. The lowest BCUT2D eigenvalue weighted by Gasteiger charge is -2.28. The van der Waals surface area contributed by atoms with Gasteiger partial charge in [-0.2, -0.15) is 0 Å². The summed E-state index contributed by atoms with van der Waals surface area (Å²) in [6.45, 7) is 3.97. The Hall–Kier alpha value is -2.29. The lowest BCUT2D eigenvalue weighted by molar-refractivity contribution is -0.143. The van der Waals surface area contributed by atoms with E-state index in [2.05, 4.69) is 5.32 Å². The number of amides is 3. The van der Waals surface area contributed by atoms with Gasteiger partial charge in [-0.25, -0.2) is 0 Å². The number of hydrogen-bond donors (Lipinski definition) is 3.